The van der Waals surface area contributed by atoms with Crippen LogP contribution >= 0.6 is 11.3 Å². The van der Waals surface area contributed by atoms with Gasteiger partial charge in [0.05, 0.1) is 4.88 Å². The first-order chi connectivity index (χ1) is 13.4. The molecule has 148 valence electrons. The van der Waals surface area contributed by atoms with Crippen LogP contribution < -0.4 is 5.32 Å². The molecule has 3 aromatic rings. The van der Waals surface area contributed by atoms with Gasteiger partial charge in [0.25, 0.3) is 5.91 Å². The number of fused-ring (bicyclic) bond motifs is 1. The second-order valence-corrected chi connectivity index (χ2v) is 8.17. The van der Waals surface area contributed by atoms with Crippen LogP contribution in [0.15, 0.2) is 46.2 Å². The van der Waals surface area contributed by atoms with Crippen LogP contribution in [0.1, 0.15) is 41.8 Å². The number of benzene rings is 1. The second kappa shape index (κ2) is 8.61. The third kappa shape index (κ3) is 4.12. The zero-order chi connectivity index (χ0) is 20.3. The van der Waals surface area contributed by atoms with E-state index in [2.05, 4.69) is 5.32 Å². The highest BCUT2D eigenvalue weighted by molar-refractivity contribution is 7.12. The standard InChI is InChI=1S/C22H26N2O3S/c1-5-17-16(15-9-6-7-10-18(15)27-17)13-24(4)22(26)20(14(2)3)23-21(25)19-11-8-12-28-19/h6-12,14,20H,5,13H2,1-4H3,(H,23,25). The molecule has 0 bridgehead atoms. The molecule has 0 fully saturated rings. The number of carbonyl (C=O) groups excluding carboxylic acids is 2. The monoisotopic (exact) mass is 398 g/mol. The van der Waals surface area contributed by atoms with Crippen LogP contribution in [0.25, 0.3) is 11.0 Å². The average Bonchev–Trinajstić information content (AvgIpc) is 3.33. The van der Waals surface area contributed by atoms with Gasteiger partial charge in [0, 0.05) is 31.0 Å². The Morgan fingerprint density at radius 2 is 1.93 bits per heavy atom. The summed E-state index contributed by atoms with van der Waals surface area (Å²) in [7, 11) is 1.77. The number of furan rings is 1. The molecule has 6 heteroatoms. The lowest BCUT2D eigenvalue weighted by atomic mass is 10.0. The number of hydrogen-bond acceptors (Lipinski definition) is 4. The van der Waals surface area contributed by atoms with Crippen molar-refractivity contribution in [3.63, 3.8) is 0 Å². The molecule has 0 spiro atoms. The van der Waals surface area contributed by atoms with E-state index < -0.39 is 6.04 Å². The molecule has 1 aromatic carbocycles. The van der Waals surface area contributed by atoms with E-state index in [-0.39, 0.29) is 17.7 Å². The molecule has 0 saturated carbocycles. The van der Waals surface area contributed by atoms with Crippen molar-refractivity contribution in [3.05, 3.63) is 58.0 Å². The van der Waals surface area contributed by atoms with Gasteiger partial charge < -0.3 is 14.6 Å². The number of likely N-dealkylation sites (N-methyl/N-ethyl adjacent to an activating group) is 1. The van der Waals surface area contributed by atoms with Gasteiger partial charge in [-0.15, -0.1) is 11.3 Å². The minimum absolute atomic E-state index is 0.0226. The first-order valence-corrected chi connectivity index (χ1v) is 10.4. The van der Waals surface area contributed by atoms with Gasteiger partial charge in [-0.05, 0) is 23.4 Å². The molecule has 1 unspecified atom stereocenters. The Balaban J connectivity index is 1.79. The van der Waals surface area contributed by atoms with Gasteiger partial charge in [-0.2, -0.15) is 0 Å². The van der Waals surface area contributed by atoms with Crippen molar-refractivity contribution in [2.24, 2.45) is 5.92 Å². The summed E-state index contributed by atoms with van der Waals surface area (Å²) in [5.74, 6) is 0.556. The molecule has 0 radical (unpaired) electrons. The number of aryl methyl sites for hydroxylation is 1. The largest absolute Gasteiger partial charge is 0.461 e. The van der Waals surface area contributed by atoms with Gasteiger partial charge in [0.2, 0.25) is 5.91 Å². The van der Waals surface area contributed by atoms with Gasteiger partial charge in [-0.1, -0.05) is 45.0 Å². The lowest BCUT2D eigenvalue weighted by Crippen LogP contribution is -2.49. The molecule has 28 heavy (non-hydrogen) atoms. The van der Waals surface area contributed by atoms with Crippen LogP contribution in [-0.2, 0) is 17.8 Å². The van der Waals surface area contributed by atoms with Crippen molar-refractivity contribution >= 4 is 34.1 Å². The fourth-order valence-electron chi connectivity index (χ4n) is 3.29. The van der Waals surface area contributed by atoms with Crippen LogP contribution in [0.3, 0.4) is 0 Å². The summed E-state index contributed by atoms with van der Waals surface area (Å²) >= 11 is 1.37. The highest BCUT2D eigenvalue weighted by Crippen LogP contribution is 2.27. The summed E-state index contributed by atoms with van der Waals surface area (Å²) in [5, 5.41) is 5.78. The van der Waals surface area contributed by atoms with E-state index in [1.54, 1.807) is 18.0 Å². The van der Waals surface area contributed by atoms with Gasteiger partial charge in [-0.3, -0.25) is 9.59 Å². The summed E-state index contributed by atoms with van der Waals surface area (Å²) in [5.41, 5.74) is 1.86. The lowest BCUT2D eigenvalue weighted by molar-refractivity contribution is -0.133. The molecule has 0 aliphatic rings. The molecule has 3 rings (SSSR count). The molecular formula is C22H26N2O3S. The normalized spacial score (nSPS) is 12.3. The van der Waals surface area contributed by atoms with Gasteiger partial charge in [0.1, 0.15) is 17.4 Å². The van der Waals surface area contributed by atoms with Gasteiger partial charge in [-0.25, -0.2) is 0 Å². The topological polar surface area (TPSA) is 62.6 Å². The summed E-state index contributed by atoms with van der Waals surface area (Å²) in [6, 6.07) is 10.9. The van der Waals surface area contributed by atoms with Crippen molar-refractivity contribution in [3.8, 4) is 0 Å². The van der Waals surface area contributed by atoms with E-state index in [1.165, 1.54) is 11.3 Å². The number of para-hydroxylation sites is 1. The Labute approximate surface area is 169 Å². The molecule has 1 N–H and O–H groups in total. The molecular weight excluding hydrogens is 372 g/mol. The first-order valence-electron chi connectivity index (χ1n) is 9.51. The fraction of sp³-hybridized carbons (Fsp3) is 0.364. The lowest BCUT2D eigenvalue weighted by Gasteiger charge is -2.27. The highest BCUT2D eigenvalue weighted by Gasteiger charge is 2.28. The van der Waals surface area contributed by atoms with Crippen molar-refractivity contribution in [2.75, 3.05) is 7.05 Å². The molecule has 0 saturated heterocycles. The van der Waals surface area contributed by atoms with Crippen LogP contribution in [-0.4, -0.2) is 29.8 Å². The Hall–Kier alpha value is -2.60. The minimum atomic E-state index is -0.581. The van der Waals surface area contributed by atoms with Crippen molar-refractivity contribution in [1.29, 1.82) is 0 Å². The Morgan fingerprint density at radius 1 is 1.18 bits per heavy atom. The van der Waals surface area contributed by atoms with E-state index in [0.717, 1.165) is 28.7 Å². The predicted molar refractivity (Wildman–Crippen MR) is 112 cm³/mol. The summed E-state index contributed by atoms with van der Waals surface area (Å²) in [4.78, 5) is 27.9. The number of hydrogen-bond donors (Lipinski definition) is 1. The zero-order valence-electron chi connectivity index (χ0n) is 16.7. The maximum atomic E-state index is 13.1. The summed E-state index contributed by atoms with van der Waals surface area (Å²) < 4.78 is 5.94. The van der Waals surface area contributed by atoms with Crippen molar-refractivity contribution in [1.82, 2.24) is 10.2 Å². The third-order valence-electron chi connectivity index (χ3n) is 4.84. The SMILES string of the molecule is CCc1oc2ccccc2c1CN(C)C(=O)C(NC(=O)c1cccs1)C(C)C. The zero-order valence-corrected chi connectivity index (χ0v) is 17.5. The van der Waals surface area contributed by atoms with Crippen LogP contribution in [0, 0.1) is 5.92 Å². The smallest absolute Gasteiger partial charge is 0.262 e. The summed E-state index contributed by atoms with van der Waals surface area (Å²) in [6.07, 6.45) is 0.759. The van der Waals surface area contributed by atoms with Crippen LogP contribution in [0.4, 0.5) is 0 Å². The van der Waals surface area contributed by atoms with E-state index in [1.807, 2.05) is 56.5 Å². The van der Waals surface area contributed by atoms with Crippen molar-refractivity contribution < 1.29 is 14.0 Å². The minimum Gasteiger partial charge on any atom is -0.461 e. The molecule has 2 aromatic heterocycles. The maximum absolute atomic E-state index is 13.1. The number of nitrogens with one attached hydrogen (secondary N) is 1. The predicted octanol–water partition coefficient (Wildman–Crippen LogP) is 4.47. The Morgan fingerprint density at radius 3 is 2.57 bits per heavy atom. The number of thiophene rings is 1. The molecule has 0 aliphatic carbocycles. The summed E-state index contributed by atoms with van der Waals surface area (Å²) in [6.45, 7) is 6.37. The fourth-order valence-corrected chi connectivity index (χ4v) is 3.92. The number of carbonyl (C=O) groups is 2. The van der Waals surface area contributed by atoms with Gasteiger partial charge >= 0.3 is 0 Å². The molecule has 2 heterocycles. The van der Waals surface area contributed by atoms with Crippen LogP contribution in [0.2, 0.25) is 0 Å². The molecule has 0 aliphatic heterocycles. The second-order valence-electron chi connectivity index (χ2n) is 7.22. The Bertz CT molecular complexity index is 959. The first kappa shape index (κ1) is 20.1. The van der Waals surface area contributed by atoms with Crippen molar-refractivity contribution in [2.45, 2.75) is 39.8 Å². The quantitative estimate of drug-likeness (QED) is 0.639. The number of rotatable bonds is 7. The molecule has 2 amide bonds. The third-order valence-corrected chi connectivity index (χ3v) is 5.71. The molecule has 1 atom stereocenters. The number of nitrogens with zero attached hydrogens (tertiary/aromatic N) is 1. The van der Waals surface area contributed by atoms with E-state index in [0.29, 0.717) is 11.4 Å². The highest BCUT2D eigenvalue weighted by atomic mass is 32.1. The van der Waals surface area contributed by atoms with E-state index >= 15 is 0 Å². The molecule has 5 nitrogen and oxygen atoms in total. The number of amides is 2. The van der Waals surface area contributed by atoms with E-state index in [9.17, 15) is 9.59 Å². The average molecular weight is 399 g/mol. The van der Waals surface area contributed by atoms with E-state index in [4.69, 9.17) is 4.42 Å². The van der Waals surface area contributed by atoms with Crippen LogP contribution in [0.5, 0.6) is 0 Å². The van der Waals surface area contributed by atoms with Gasteiger partial charge in [0.15, 0.2) is 0 Å². The Kier molecular flexibility index (Phi) is 6.19. The maximum Gasteiger partial charge on any atom is 0.262 e.